The first-order valence-corrected chi connectivity index (χ1v) is 6.33. The lowest BCUT2D eigenvalue weighted by atomic mass is 9.78. The monoisotopic (exact) mass is 248 g/mol. The van der Waals surface area contributed by atoms with Crippen LogP contribution in [0.4, 0.5) is 10.7 Å². The van der Waals surface area contributed by atoms with E-state index in [-0.39, 0.29) is 5.95 Å². The zero-order valence-corrected chi connectivity index (χ0v) is 10.0. The summed E-state index contributed by atoms with van der Waals surface area (Å²) in [7, 11) is 0. The lowest BCUT2D eigenvalue weighted by Crippen LogP contribution is -2.43. The Hall–Kier alpha value is -1.69. The molecule has 2 heterocycles. The van der Waals surface area contributed by atoms with Gasteiger partial charge in [0.25, 0.3) is 0 Å². The Kier molecular flexibility index (Phi) is 2.87. The summed E-state index contributed by atoms with van der Waals surface area (Å²) in [6, 6.07) is 0.485. The third-order valence-corrected chi connectivity index (χ3v) is 3.78. The average Bonchev–Trinajstić information content (AvgIpc) is 2.38. The van der Waals surface area contributed by atoms with Crippen molar-refractivity contribution in [3.63, 3.8) is 0 Å². The molecule has 0 spiro atoms. The molecule has 1 amide bonds. The third-order valence-electron chi connectivity index (χ3n) is 3.78. The Morgan fingerprint density at radius 3 is 3.22 bits per heavy atom. The van der Waals surface area contributed by atoms with Gasteiger partial charge >= 0.3 is 6.09 Å². The number of anilines is 1. The molecule has 1 aromatic heterocycles. The average molecular weight is 248 g/mol. The second-order valence-electron chi connectivity index (χ2n) is 4.88. The van der Waals surface area contributed by atoms with Crippen LogP contribution < -0.4 is 10.6 Å². The van der Waals surface area contributed by atoms with Gasteiger partial charge in [-0.15, -0.1) is 0 Å². The number of aryl methyl sites for hydroxylation is 1. The predicted molar refractivity (Wildman–Crippen MR) is 65.8 cm³/mol. The van der Waals surface area contributed by atoms with Gasteiger partial charge < -0.3 is 10.4 Å². The number of nitrogens with one attached hydrogen (secondary N) is 2. The Morgan fingerprint density at radius 1 is 1.50 bits per heavy atom. The van der Waals surface area contributed by atoms with E-state index in [1.807, 2.05) is 0 Å². The van der Waals surface area contributed by atoms with E-state index in [1.54, 1.807) is 6.20 Å². The van der Waals surface area contributed by atoms with Crippen LogP contribution in [0.3, 0.4) is 0 Å². The summed E-state index contributed by atoms with van der Waals surface area (Å²) >= 11 is 0. The highest BCUT2D eigenvalue weighted by Crippen LogP contribution is 2.35. The first kappa shape index (κ1) is 11.4. The number of aromatic nitrogens is 2. The predicted octanol–water partition coefficient (Wildman–Crippen LogP) is 1.35. The maximum absolute atomic E-state index is 10.6. The van der Waals surface area contributed by atoms with E-state index in [0.717, 1.165) is 43.5 Å². The molecule has 6 heteroatoms. The lowest BCUT2D eigenvalue weighted by molar-refractivity contribution is 0.209. The van der Waals surface area contributed by atoms with E-state index in [4.69, 9.17) is 5.11 Å². The molecular weight excluding hydrogens is 232 g/mol. The van der Waals surface area contributed by atoms with Crippen LogP contribution in [0.1, 0.15) is 36.4 Å². The first-order valence-electron chi connectivity index (χ1n) is 6.33. The molecule has 1 aliphatic heterocycles. The molecule has 1 fully saturated rings. The molecule has 0 radical (unpaired) electrons. The highest BCUT2D eigenvalue weighted by Gasteiger charge is 2.33. The van der Waals surface area contributed by atoms with E-state index in [0.29, 0.717) is 12.0 Å². The van der Waals surface area contributed by atoms with Crippen LogP contribution in [0.15, 0.2) is 6.20 Å². The van der Waals surface area contributed by atoms with E-state index in [1.165, 1.54) is 0 Å². The summed E-state index contributed by atoms with van der Waals surface area (Å²) in [6.07, 6.45) is 4.99. The van der Waals surface area contributed by atoms with Crippen molar-refractivity contribution in [2.75, 3.05) is 11.9 Å². The van der Waals surface area contributed by atoms with Crippen LogP contribution in [0.25, 0.3) is 0 Å². The highest BCUT2D eigenvalue weighted by atomic mass is 16.4. The SMILES string of the molecule is O=C(O)Nc1ncc2c(n1)C1CCCNC1CC2. The molecule has 6 nitrogen and oxygen atoms in total. The summed E-state index contributed by atoms with van der Waals surface area (Å²) < 4.78 is 0. The molecule has 3 N–H and O–H groups in total. The van der Waals surface area contributed by atoms with E-state index in [2.05, 4.69) is 20.6 Å². The largest absolute Gasteiger partial charge is 0.465 e. The van der Waals surface area contributed by atoms with Gasteiger partial charge in [-0.2, -0.15) is 0 Å². The van der Waals surface area contributed by atoms with Gasteiger partial charge in [0.05, 0.1) is 5.69 Å². The minimum Gasteiger partial charge on any atom is -0.465 e. The van der Waals surface area contributed by atoms with Crippen molar-refractivity contribution >= 4 is 12.0 Å². The summed E-state index contributed by atoms with van der Waals surface area (Å²) in [6.45, 7) is 1.07. The number of hydrogen-bond donors (Lipinski definition) is 3. The second-order valence-corrected chi connectivity index (χ2v) is 4.88. The summed E-state index contributed by atoms with van der Waals surface area (Å²) in [5.41, 5.74) is 2.19. The smallest absolute Gasteiger partial charge is 0.411 e. The number of carboxylic acid groups (broad SMARTS) is 1. The maximum atomic E-state index is 10.6. The molecule has 18 heavy (non-hydrogen) atoms. The van der Waals surface area contributed by atoms with Crippen LogP contribution in [0, 0.1) is 0 Å². The number of hydrogen-bond acceptors (Lipinski definition) is 4. The van der Waals surface area contributed by atoms with Crippen LogP contribution in [0.5, 0.6) is 0 Å². The van der Waals surface area contributed by atoms with Crippen molar-refractivity contribution in [3.8, 4) is 0 Å². The lowest BCUT2D eigenvalue weighted by Gasteiger charge is -2.36. The van der Waals surface area contributed by atoms with Gasteiger partial charge in [-0.1, -0.05) is 0 Å². The number of amides is 1. The molecule has 1 aromatic rings. The fraction of sp³-hybridized carbons (Fsp3) is 0.583. The molecule has 3 rings (SSSR count). The van der Waals surface area contributed by atoms with Gasteiger partial charge in [0, 0.05) is 18.2 Å². The molecular formula is C12H16N4O2. The highest BCUT2D eigenvalue weighted by molar-refractivity contribution is 5.80. The molecule has 2 unspecified atom stereocenters. The van der Waals surface area contributed by atoms with Crippen molar-refractivity contribution < 1.29 is 9.90 Å². The van der Waals surface area contributed by atoms with Crippen molar-refractivity contribution in [2.45, 2.75) is 37.6 Å². The molecule has 2 atom stereocenters. The maximum Gasteiger partial charge on any atom is 0.411 e. The minimum atomic E-state index is -1.12. The summed E-state index contributed by atoms with van der Waals surface area (Å²) in [5, 5.41) is 14.4. The minimum absolute atomic E-state index is 0.187. The number of carbonyl (C=O) groups is 1. The number of fused-ring (bicyclic) bond motifs is 3. The van der Waals surface area contributed by atoms with Crippen molar-refractivity contribution in [2.24, 2.45) is 0 Å². The molecule has 0 bridgehead atoms. The normalized spacial score (nSPS) is 26.0. The molecule has 1 saturated heterocycles. The zero-order chi connectivity index (χ0) is 12.5. The summed E-state index contributed by atoms with van der Waals surface area (Å²) in [5.74, 6) is 0.590. The van der Waals surface area contributed by atoms with Crippen molar-refractivity contribution in [1.29, 1.82) is 0 Å². The number of nitrogens with zero attached hydrogens (tertiary/aromatic N) is 2. The first-order chi connectivity index (χ1) is 8.74. The van der Waals surface area contributed by atoms with Gasteiger partial charge in [0.15, 0.2) is 0 Å². The zero-order valence-electron chi connectivity index (χ0n) is 10.0. The van der Waals surface area contributed by atoms with E-state index < -0.39 is 6.09 Å². The fourth-order valence-corrected chi connectivity index (χ4v) is 2.98. The van der Waals surface area contributed by atoms with E-state index >= 15 is 0 Å². The topological polar surface area (TPSA) is 87.1 Å². The Bertz CT molecular complexity index is 477. The van der Waals surface area contributed by atoms with Crippen LogP contribution in [-0.4, -0.2) is 33.8 Å². The van der Waals surface area contributed by atoms with Crippen molar-refractivity contribution in [3.05, 3.63) is 17.5 Å². The molecule has 2 aliphatic rings. The third kappa shape index (κ3) is 2.03. The Morgan fingerprint density at radius 2 is 2.39 bits per heavy atom. The second kappa shape index (κ2) is 4.53. The Balaban J connectivity index is 1.92. The van der Waals surface area contributed by atoms with Gasteiger partial charge in [-0.3, -0.25) is 5.32 Å². The quantitative estimate of drug-likeness (QED) is 0.698. The van der Waals surface area contributed by atoms with Gasteiger partial charge in [0.1, 0.15) is 0 Å². The van der Waals surface area contributed by atoms with Crippen LogP contribution in [0.2, 0.25) is 0 Å². The molecule has 0 saturated carbocycles. The fourth-order valence-electron chi connectivity index (χ4n) is 2.98. The standard InChI is InChI=1S/C12H16N4O2/c17-12(18)16-11-14-6-7-3-4-9-8(10(7)15-11)2-1-5-13-9/h6,8-9,13H,1-5H2,(H,17,18)(H,14,15,16). The number of piperidine rings is 1. The van der Waals surface area contributed by atoms with Gasteiger partial charge in [0.2, 0.25) is 5.95 Å². The molecule has 96 valence electrons. The van der Waals surface area contributed by atoms with E-state index in [9.17, 15) is 4.79 Å². The van der Waals surface area contributed by atoms with Crippen LogP contribution in [-0.2, 0) is 6.42 Å². The van der Waals surface area contributed by atoms with Crippen LogP contribution >= 0.6 is 0 Å². The summed E-state index contributed by atoms with van der Waals surface area (Å²) in [4.78, 5) is 19.1. The van der Waals surface area contributed by atoms with Gasteiger partial charge in [-0.25, -0.2) is 14.8 Å². The Labute approximate surface area is 105 Å². The number of rotatable bonds is 1. The molecule has 0 aromatic carbocycles. The molecule has 1 aliphatic carbocycles. The van der Waals surface area contributed by atoms with Gasteiger partial charge in [-0.05, 0) is 37.8 Å². The van der Waals surface area contributed by atoms with Crippen molar-refractivity contribution in [1.82, 2.24) is 15.3 Å².